The summed E-state index contributed by atoms with van der Waals surface area (Å²) in [6.07, 6.45) is -0.149. The Bertz CT molecular complexity index is 1070. The van der Waals surface area contributed by atoms with Gasteiger partial charge in [-0.1, -0.05) is 69.3 Å². The van der Waals surface area contributed by atoms with Gasteiger partial charge < -0.3 is 20.1 Å². The van der Waals surface area contributed by atoms with Crippen LogP contribution in [0, 0.1) is 17.3 Å². The number of fused-ring (bicyclic) bond motifs is 3. The number of likely N-dealkylation sites (tertiary alicyclic amines) is 1. The number of alkyl carbamates (subject to hydrolysis) is 1. The van der Waals surface area contributed by atoms with Gasteiger partial charge in [0.15, 0.2) is 0 Å². The highest BCUT2D eigenvalue weighted by Gasteiger charge is 2.36. The molecule has 0 spiro atoms. The van der Waals surface area contributed by atoms with Gasteiger partial charge in [0, 0.05) is 32.0 Å². The van der Waals surface area contributed by atoms with E-state index in [0.717, 1.165) is 11.1 Å². The van der Waals surface area contributed by atoms with Crippen LogP contribution in [0.1, 0.15) is 50.7 Å². The molecule has 2 aliphatic rings. The van der Waals surface area contributed by atoms with Crippen LogP contribution in [0.2, 0.25) is 0 Å². The van der Waals surface area contributed by atoms with Crippen molar-refractivity contribution in [3.8, 4) is 11.1 Å². The summed E-state index contributed by atoms with van der Waals surface area (Å²) in [7, 11) is 0. The average molecular weight is 479 g/mol. The first-order valence-electron chi connectivity index (χ1n) is 12.2. The molecular formula is C28H34N2O5. The zero-order chi connectivity index (χ0) is 25.2. The summed E-state index contributed by atoms with van der Waals surface area (Å²) in [4.78, 5) is 38.2. The highest BCUT2D eigenvalue weighted by Crippen LogP contribution is 2.44. The zero-order valence-corrected chi connectivity index (χ0v) is 20.6. The first-order valence-corrected chi connectivity index (χ1v) is 12.2. The maximum absolute atomic E-state index is 12.9. The molecule has 2 amide bonds. The molecule has 1 aliphatic heterocycles. The Labute approximate surface area is 206 Å². The minimum atomic E-state index is -0.830. The molecule has 2 aromatic carbocycles. The fourth-order valence-corrected chi connectivity index (χ4v) is 5.27. The summed E-state index contributed by atoms with van der Waals surface area (Å²) >= 11 is 0. The molecule has 2 atom stereocenters. The van der Waals surface area contributed by atoms with E-state index >= 15 is 0 Å². The van der Waals surface area contributed by atoms with E-state index < -0.39 is 17.5 Å². The lowest BCUT2D eigenvalue weighted by Crippen LogP contribution is -2.39. The number of carbonyl (C=O) groups is 3. The van der Waals surface area contributed by atoms with Gasteiger partial charge in [-0.25, -0.2) is 4.79 Å². The maximum Gasteiger partial charge on any atom is 0.407 e. The molecule has 186 valence electrons. The molecule has 4 rings (SSSR count). The van der Waals surface area contributed by atoms with E-state index in [1.54, 1.807) is 4.90 Å². The number of hydrogen-bond acceptors (Lipinski definition) is 4. The number of nitrogens with zero attached hydrogens (tertiary/aromatic N) is 1. The molecule has 1 saturated heterocycles. The molecule has 1 heterocycles. The molecule has 0 bridgehead atoms. The Morgan fingerprint density at radius 3 is 2.23 bits per heavy atom. The molecule has 7 nitrogen and oxygen atoms in total. The van der Waals surface area contributed by atoms with Crippen molar-refractivity contribution in [1.29, 1.82) is 0 Å². The third-order valence-electron chi connectivity index (χ3n) is 7.24. The Hall–Kier alpha value is -3.35. The summed E-state index contributed by atoms with van der Waals surface area (Å²) < 4.78 is 5.60. The Balaban J connectivity index is 1.27. The lowest BCUT2D eigenvalue weighted by atomic mass is 9.88. The SMILES string of the molecule is CC1CN(C(=O)CC(C)(C)CNC(=O)OCC2c3ccccc3-c3ccccc32)CC1CC(=O)O. The van der Waals surface area contributed by atoms with Gasteiger partial charge in [0.2, 0.25) is 5.91 Å². The fraction of sp³-hybridized carbons (Fsp3) is 0.464. The minimum absolute atomic E-state index is 0.00126. The van der Waals surface area contributed by atoms with Crippen molar-refractivity contribution >= 4 is 18.0 Å². The van der Waals surface area contributed by atoms with E-state index in [4.69, 9.17) is 9.84 Å². The normalized spacial score (nSPS) is 19.2. The van der Waals surface area contributed by atoms with E-state index in [2.05, 4.69) is 29.6 Å². The Kier molecular flexibility index (Phi) is 7.15. The van der Waals surface area contributed by atoms with E-state index in [9.17, 15) is 14.4 Å². The minimum Gasteiger partial charge on any atom is -0.481 e. The van der Waals surface area contributed by atoms with Gasteiger partial charge in [0.05, 0.1) is 6.42 Å². The van der Waals surface area contributed by atoms with Crippen LogP contribution in [0.4, 0.5) is 4.79 Å². The van der Waals surface area contributed by atoms with Gasteiger partial charge in [-0.3, -0.25) is 9.59 Å². The predicted molar refractivity (Wildman–Crippen MR) is 133 cm³/mol. The number of hydrogen-bond donors (Lipinski definition) is 2. The molecule has 1 aliphatic carbocycles. The first-order chi connectivity index (χ1) is 16.6. The summed E-state index contributed by atoms with van der Waals surface area (Å²) in [6.45, 7) is 7.46. The van der Waals surface area contributed by atoms with Crippen molar-refractivity contribution in [2.45, 2.75) is 39.5 Å². The Morgan fingerprint density at radius 1 is 1.03 bits per heavy atom. The van der Waals surface area contributed by atoms with Crippen LogP contribution < -0.4 is 5.32 Å². The van der Waals surface area contributed by atoms with Crippen molar-refractivity contribution < 1.29 is 24.2 Å². The second kappa shape index (κ2) is 10.1. The van der Waals surface area contributed by atoms with E-state index in [0.29, 0.717) is 19.6 Å². The number of benzene rings is 2. The summed E-state index contributed by atoms with van der Waals surface area (Å²) in [5.41, 5.74) is 4.22. The van der Waals surface area contributed by atoms with Crippen LogP contribution in [-0.2, 0) is 14.3 Å². The quantitative estimate of drug-likeness (QED) is 0.582. The topological polar surface area (TPSA) is 95.9 Å². The average Bonchev–Trinajstić information content (AvgIpc) is 3.33. The lowest BCUT2D eigenvalue weighted by molar-refractivity contribution is -0.139. The van der Waals surface area contributed by atoms with E-state index in [1.807, 2.05) is 45.0 Å². The van der Waals surface area contributed by atoms with Gasteiger partial charge in [-0.15, -0.1) is 0 Å². The summed E-state index contributed by atoms with van der Waals surface area (Å²) in [5.74, 6) is -0.692. The first kappa shape index (κ1) is 24.8. The van der Waals surface area contributed by atoms with Crippen LogP contribution in [0.5, 0.6) is 0 Å². The second-order valence-electron chi connectivity index (χ2n) is 10.7. The number of carboxylic acid groups (broad SMARTS) is 1. The molecule has 2 N–H and O–H groups in total. The van der Waals surface area contributed by atoms with Gasteiger partial charge in [0.1, 0.15) is 6.61 Å². The molecular weight excluding hydrogens is 444 g/mol. The van der Waals surface area contributed by atoms with Crippen LogP contribution in [0.15, 0.2) is 48.5 Å². The standard InChI is InChI=1S/C28H34N2O5/c1-18-14-30(15-19(18)12-26(32)33)25(31)13-28(2,3)17-29-27(34)35-16-24-22-10-6-4-8-20(22)21-9-5-7-11-23(21)24/h4-11,18-19,24H,12-17H2,1-3H3,(H,29,34)(H,32,33). The second-order valence-corrected chi connectivity index (χ2v) is 10.7. The highest BCUT2D eigenvalue weighted by molar-refractivity contribution is 5.79. The number of nitrogens with one attached hydrogen (secondary N) is 1. The largest absolute Gasteiger partial charge is 0.481 e. The molecule has 7 heteroatoms. The van der Waals surface area contributed by atoms with Crippen molar-refractivity contribution in [3.63, 3.8) is 0 Å². The van der Waals surface area contributed by atoms with Gasteiger partial charge in [-0.2, -0.15) is 0 Å². The number of aliphatic carboxylic acids is 1. The zero-order valence-electron chi connectivity index (χ0n) is 20.6. The van der Waals surface area contributed by atoms with Crippen molar-refractivity contribution in [2.75, 3.05) is 26.2 Å². The maximum atomic E-state index is 12.9. The molecule has 2 aromatic rings. The van der Waals surface area contributed by atoms with Gasteiger partial charge in [-0.05, 0) is 39.5 Å². The van der Waals surface area contributed by atoms with E-state index in [1.165, 1.54) is 11.1 Å². The smallest absolute Gasteiger partial charge is 0.407 e. The van der Waals surface area contributed by atoms with Gasteiger partial charge in [0.25, 0.3) is 0 Å². The number of carboxylic acids is 1. The number of amides is 2. The molecule has 2 unspecified atom stereocenters. The van der Waals surface area contributed by atoms with E-state index in [-0.39, 0.29) is 43.1 Å². The fourth-order valence-electron chi connectivity index (χ4n) is 5.27. The predicted octanol–water partition coefficient (Wildman–Crippen LogP) is 4.51. The van der Waals surface area contributed by atoms with Crippen LogP contribution in [-0.4, -0.2) is 54.2 Å². The third kappa shape index (κ3) is 5.66. The molecule has 35 heavy (non-hydrogen) atoms. The third-order valence-corrected chi connectivity index (χ3v) is 7.24. The molecule has 1 fully saturated rings. The number of rotatable bonds is 8. The lowest BCUT2D eigenvalue weighted by Gasteiger charge is -2.27. The van der Waals surface area contributed by atoms with Crippen LogP contribution in [0.3, 0.4) is 0 Å². The van der Waals surface area contributed by atoms with Crippen molar-refractivity contribution in [2.24, 2.45) is 17.3 Å². The van der Waals surface area contributed by atoms with Gasteiger partial charge >= 0.3 is 12.1 Å². The van der Waals surface area contributed by atoms with Crippen LogP contribution in [0.25, 0.3) is 11.1 Å². The van der Waals surface area contributed by atoms with Crippen molar-refractivity contribution in [3.05, 3.63) is 59.7 Å². The van der Waals surface area contributed by atoms with Crippen molar-refractivity contribution in [1.82, 2.24) is 10.2 Å². The Morgan fingerprint density at radius 2 is 1.63 bits per heavy atom. The molecule has 0 saturated carbocycles. The molecule has 0 radical (unpaired) electrons. The van der Waals surface area contributed by atoms with Crippen LogP contribution >= 0.6 is 0 Å². The number of ether oxygens (including phenoxy) is 1. The summed E-state index contributed by atoms with van der Waals surface area (Å²) in [5, 5.41) is 11.9. The number of carbonyl (C=O) groups excluding carboxylic acids is 2. The molecule has 0 aromatic heterocycles. The monoisotopic (exact) mass is 478 g/mol. The summed E-state index contributed by atoms with van der Waals surface area (Å²) in [6, 6.07) is 16.4. The highest BCUT2D eigenvalue weighted by atomic mass is 16.5.